The molecule has 0 bridgehead atoms. The number of aryl methyl sites for hydroxylation is 1. The highest BCUT2D eigenvalue weighted by atomic mass is 35.5. The largest absolute Gasteiger partial charge is 0.394 e. The van der Waals surface area contributed by atoms with Gasteiger partial charge in [-0.05, 0) is 0 Å². The van der Waals surface area contributed by atoms with Crippen molar-refractivity contribution in [2.45, 2.75) is 0 Å². The van der Waals surface area contributed by atoms with Crippen LogP contribution in [0.1, 0.15) is 0 Å². The lowest BCUT2D eigenvalue weighted by Crippen LogP contribution is -1.89. The predicted octanol–water partition coefficient (Wildman–Crippen LogP) is 1.31. The summed E-state index contributed by atoms with van der Waals surface area (Å²) in [6, 6.07) is 0. The van der Waals surface area contributed by atoms with Crippen LogP contribution in [-0.2, 0) is 7.05 Å². The Morgan fingerprint density at radius 2 is 2.11 bits per heavy atom. The van der Waals surface area contributed by atoms with Gasteiger partial charge in [0, 0.05) is 7.05 Å². The van der Waals surface area contributed by atoms with Crippen LogP contribution in [0.25, 0.3) is 0 Å². The van der Waals surface area contributed by atoms with Crippen LogP contribution in [0.4, 0.5) is 5.69 Å². The van der Waals surface area contributed by atoms with E-state index in [0.29, 0.717) is 10.8 Å². The van der Waals surface area contributed by atoms with Gasteiger partial charge in [0.05, 0.1) is 0 Å². The quantitative estimate of drug-likeness (QED) is 0.631. The van der Waals surface area contributed by atoms with E-state index in [1.807, 2.05) is 0 Å². The van der Waals surface area contributed by atoms with Gasteiger partial charge in [0.2, 0.25) is 0 Å². The van der Waals surface area contributed by atoms with Crippen LogP contribution in [0, 0.1) is 0 Å². The van der Waals surface area contributed by atoms with Crippen molar-refractivity contribution in [3.8, 4) is 0 Å². The summed E-state index contributed by atoms with van der Waals surface area (Å²) >= 11 is 11.1. The lowest BCUT2D eigenvalue weighted by molar-refractivity contribution is 0.769. The smallest absolute Gasteiger partial charge is 0.175 e. The van der Waals surface area contributed by atoms with Crippen molar-refractivity contribution in [1.82, 2.24) is 9.78 Å². The molecule has 0 fully saturated rings. The summed E-state index contributed by atoms with van der Waals surface area (Å²) in [5, 5.41) is 4.36. The fourth-order valence-corrected chi connectivity index (χ4v) is 0.867. The Balaban J connectivity index is 3.29. The van der Waals surface area contributed by atoms with E-state index in [4.69, 9.17) is 28.9 Å². The van der Waals surface area contributed by atoms with E-state index in [2.05, 4.69) is 5.10 Å². The van der Waals surface area contributed by atoms with E-state index in [1.54, 1.807) is 7.05 Å². The highest BCUT2D eigenvalue weighted by molar-refractivity contribution is 6.37. The zero-order valence-electron chi connectivity index (χ0n) is 4.73. The maximum Gasteiger partial charge on any atom is 0.175 e. The number of aromatic nitrogens is 2. The minimum atomic E-state index is 0.252. The second-order valence-corrected chi connectivity index (χ2v) is 2.33. The molecular formula is C4H5Cl2N3. The molecule has 1 rings (SSSR count). The molecule has 1 aromatic rings. The number of hydrogen-bond donors (Lipinski definition) is 1. The van der Waals surface area contributed by atoms with E-state index in [0.717, 1.165) is 0 Å². The predicted molar refractivity (Wildman–Crippen MR) is 37.6 cm³/mol. The number of rotatable bonds is 0. The minimum absolute atomic E-state index is 0.252. The Bertz CT molecular complexity index is 207. The molecule has 0 spiro atoms. The molecule has 0 aliphatic rings. The molecule has 0 saturated carbocycles. The molecule has 0 amide bonds. The van der Waals surface area contributed by atoms with Crippen LogP contribution in [-0.4, -0.2) is 9.78 Å². The highest BCUT2D eigenvalue weighted by Crippen LogP contribution is 2.24. The summed E-state index contributed by atoms with van der Waals surface area (Å²) in [5.41, 5.74) is 5.69. The molecule has 2 N–H and O–H groups in total. The van der Waals surface area contributed by atoms with Crippen molar-refractivity contribution >= 4 is 28.9 Å². The molecule has 0 unspecified atom stereocenters. The standard InChI is InChI=1S/C4H5Cl2N3/c1-9-4(6)2(7)3(5)8-9/h7H2,1H3. The van der Waals surface area contributed by atoms with Crippen molar-refractivity contribution in [3.63, 3.8) is 0 Å². The molecule has 50 valence electrons. The molecule has 3 nitrogen and oxygen atoms in total. The summed E-state index contributed by atoms with van der Waals surface area (Å²) in [7, 11) is 1.67. The van der Waals surface area contributed by atoms with Gasteiger partial charge in [0.15, 0.2) is 10.3 Å². The van der Waals surface area contributed by atoms with Crippen molar-refractivity contribution in [3.05, 3.63) is 10.3 Å². The van der Waals surface area contributed by atoms with Crippen LogP contribution < -0.4 is 5.73 Å². The van der Waals surface area contributed by atoms with Crippen molar-refractivity contribution < 1.29 is 0 Å². The van der Waals surface area contributed by atoms with Gasteiger partial charge in [0.25, 0.3) is 0 Å². The Hall–Kier alpha value is -0.410. The molecule has 0 saturated heterocycles. The van der Waals surface area contributed by atoms with Gasteiger partial charge in [-0.1, -0.05) is 23.2 Å². The Labute approximate surface area is 62.4 Å². The molecule has 0 aromatic carbocycles. The van der Waals surface area contributed by atoms with Crippen LogP contribution in [0.5, 0.6) is 0 Å². The SMILES string of the molecule is Cn1nc(Cl)c(N)c1Cl. The van der Waals surface area contributed by atoms with Crippen molar-refractivity contribution in [2.75, 3.05) is 5.73 Å². The maximum absolute atomic E-state index is 5.59. The molecule has 1 aromatic heterocycles. The first-order valence-corrected chi connectivity index (χ1v) is 3.02. The minimum Gasteiger partial charge on any atom is -0.394 e. The zero-order valence-corrected chi connectivity index (χ0v) is 6.24. The number of nitrogens with zero attached hydrogens (tertiary/aromatic N) is 2. The fourth-order valence-electron chi connectivity index (χ4n) is 0.489. The van der Waals surface area contributed by atoms with Crippen molar-refractivity contribution in [1.29, 1.82) is 0 Å². The number of hydrogen-bond acceptors (Lipinski definition) is 2. The summed E-state index contributed by atoms with van der Waals surface area (Å²) in [6.45, 7) is 0. The first-order valence-electron chi connectivity index (χ1n) is 2.26. The van der Waals surface area contributed by atoms with Gasteiger partial charge in [-0.15, -0.1) is 0 Å². The van der Waals surface area contributed by atoms with Crippen LogP contribution in [0.15, 0.2) is 0 Å². The second-order valence-electron chi connectivity index (χ2n) is 1.62. The summed E-state index contributed by atoms with van der Waals surface area (Å²) in [6.07, 6.45) is 0. The number of halogens is 2. The van der Waals surface area contributed by atoms with Gasteiger partial charge in [0.1, 0.15) is 5.69 Å². The van der Waals surface area contributed by atoms with E-state index >= 15 is 0 Å². The summed E-state index contributed by atoms with van der Waals surface area (Å²) in [5.74, 6) is 0. The summed E-state index contributed by atoms with van der Waals surface area (Å²) in [4.78, 5) is 0. The molecule has 0 aliphatic heterocycles. The molecule has 0 radical (unpaired) electrons. The molecule has 0 aliphatic carbocycles. The first kappa shape index (κ1) is 6.71. The fraction of sp³-hybridized carbons (Fsp3) is 0.250. The average Bonchev–Trinajstić information content (AvgIpc) is 1.98. The van der Waals surface area contributed by atoms with E-state index in [9.17, 15) is 0 Å². The molecule has 5 heteroatoms. The third kappa shape index (κ3) is 0.976. The third-order valence-corrected chi connectivity index (χ3v) is 1.69. The summed E-state index contributed by atoms with van der Waals surface area (Å²) < 4.78 is 1.42. The number of nitrogen functional groups attached to an aromatic ring is 1. The molecule has 1 heterocycles. The van der Waals surface area contributed by atoms with E-state index in [1.165, 1.54) is 4.68 Å². The van der Waals surface area contributed by atoms with Gasteiger partial charge >= 0.3 is 0 Å². The van der Waals surface area contributed by atoms with Gasteiger partial charge in [-0.2, -0.15) is 5.10 Å². The second kappa shape index (κ2) is 2.08. The maximum atomic E-state index is 5.59. The zero-order chi connectivity index (χ0) is 7.02. The lowest BCUT2D eigenvalue weighted by Gasteiger charge is -1.87. The topological polar surface area (TPSA) is 43.8 Å². The van der Waals surface area contributed by atoms with Crippen LogP contribution in [0.3, 0.4) is 0 Å². The molecule has 0 atom stereocenters. The van der Waals surface area contributed by atoms with Crippen LogP contribution >= 0.6 is 23.2 Å². The Morgan fingerprint density at radius 3 is 2.22 bits per heavy atom. The average molecular weight is 166 g/mol. The monoisotopic (exact) mass is 165 g/mol. The van der Waals surface area contributed by atoms with E-state index < -0.39 is 0 Å². The molecular weight excluding hydrogens is 161 g/mol. The lowest BCUT2D eigenvalue weighted by atomic mass is 10.6. The first-order chi connectivity index (χ1) is 4.13. The van der Waals surface area contributed by atoms with Crippen LogP contribution in [0.2, 0.25) is 10.3 Å². The highest BCUT2D eigenvalue weighted by Gasteiger charge is 2.06. The van der Waals surface area contributed by atoms with Gasteiger partial charge in [-0.3, -0.25) is 4.68 Å². The Morgan fingerprint density at radius 1 is 1.56 bits per heavy atom. The third-order valence-electron chi connectivity index (χ3n) is 0.966. The number of nitrogens with two attached hydrogens (primary N) is 1. The van der Waals surface area contributed by atoms with E-state index in [-0.39, 0.29) is 5.15 Å². The molecule has 9 heavy (non-hydrogen) atoms. The van der Waals surface area contributed by atoms with Crippen molar-refractivity contribution in [2.24, 2.45) is 7.05 Å². The van der Waals surface area contributed by atoms with Gasteiger partial charge in [-0.25, -0.2) is 0 Å². The van der Waals surface area contributed by atoms with Gasteiger partial charge < -0.3 is 5.73 Å². The number of anilines is 1. The normalized spacial score (nSPS) is 10.1. The Kier molecular flexibility index (Phi) is 1.55.